The summed E-state index contributed by atoms with van der Waals surface area (Å²) in [5, 5.41) is 1.66. The first kappa shape index (κ1) is 11.9. The van der Waals surface area contributed by atoms with E-state index in [1.54, 1.807) is 0 Å². The van der Waals surface area contributed by atoms with Crippen molar-refractivity contribution in [2.75, 3.05) is 0 Å². The van der Waals surface area contributed by atoms with Crippen LogP contribution in [0.25, 0.3) is 0 Å². The largest absolute Gasteiger partial charge is 0.327 e. The van der Waals surface area contributed by atoms with Crippen molar-refractivity contribution in [2.45, 2.75) is 48.9 Å². The van der Waals surface area contributed by atoms with Gasteiger partial charge in [0, 0.05) is 17.5 Å². The van der Waals surface area contributed by atoms with Crippen LogP contribution >= 0.6 is 11.8 Å². The lowest BCUT2D eigenvalue weighted by molar-refractivity contribution is 0.327. The van der Waals surface area contributed by atoms with E-state index in [2.05, 4.69) is 18.0 Å². The van der Waals surface area contributed by atoms with Gasteiger partial charge in [-0.3, -0.25) is 0 Å². The van der Waals surface area contributed by atoms with Crippen LogP contribution in [-0.2, 0) is 0 Å². The van der Waals surface area contributed by atoms with Crippen LogP contribution in [0.3, 0.4) is 0 Å². The van der Waals surface area contributed by atoms with Gasteiger partial charge in [-0.2, -0.15) is 0 Å². The van der Waals surface area contributed by atoms with E-state index >= 15 is 0 Å². The molecule has 3 heteroatoms. The molecule has 1 aromatic heterocycles. The van der Waals surface area contributed by atoms with Crippen LogP contribution in [0.5, 0.6) is 0 Å². The van der Waals surface area contributed by atoms with Crippen LogP contribution in [0.15, 0.2) is 29.4 Å². The summed E-state index contributed by atoms with van der Waals surface area (Å²) in [5.41, 5.74) is 6.20. The molecule has 0 aromatic carbocycles. The van der Waals surface area contributed by atoms with E-state index in [9.17, 15) is 0 Å². The lowest BCUT2D eigenvalue weighted by atomic mass is 9.84. The predicted octanol–water partition coefficient (Wildman–Crippen LogP) is 3.08. The summed E-state index contributed by atoms with van der Waals surface area (Å²) >= 11 is 1.86. The third-order valence-corrected chi connectivity index (χ3v) is 4.77. The normalized spacial score (nSPS) is 30.2. The minimum absolute atomic E-state index is 0.342. The molecule has 1 aliphatic carbocycles. The van der Waals surface area contributed by atoms with E-state index in [0.717, 1.165) is 10.9 Å². The molecule has 1 fully saturated rings. The zero-order chi connectivity index (χ0) is 11.4. The zero-order valence-corrected chi connectivity index (χ0v) is 10.6. The molecule has 0 amide bonds. The summed E-state index contributed by atoms with van der Waals surface area (Å²) < 4.78 is 0. The predicted molar refractivity (Wildman–Crippen MR) is 69.5 cm³/mol. The Kier molecular flexibility index (Phi) is 4.24. The number of thioether (sulfide) groups is 1. The topological polar surface area (TPSA) is 38.9 Å². The maximum atomic E-state index is 6.20. The minimum atomic E-state index is 0.342. The van der Waals surface area contributed by atoms with Gasteiger partial charge in [-0.1, -0.05) is 19.4 Å². The highest BCUT2D eigenvalue weighted by Gasteiger charge is 2.28. The van der Waals surface area contributed by atoms with Gasteiger partial charge in [-0.15, -0.1) is 11.8 Å². The molecule has 2 nitrogen and oxygen atoms in total. The number of rotatable bonds is 3. The van der Waals surface area contributed by atoms with Gasteiger partial charge in [-0.25, -0.2) is 4.98 Å². The van der Waals surface area contributed by atoms with Crippen molar-refractivity contribution >= 4 is 11.8 Å². The molecule has 0 radical (unpaired) electrons. The highest BCUT2D eigenvalue weighted by atomic mass is 32.2. The smallest absolute Gasteiger partial charge is 0.0963 e. The van der Waals surface area contributed by atoms with Crippen molar-refractivity contribution in [2.24, 2.45) is 11.7 Å². The van der Waals surface area contributed by atoms with Crippen molar-refractivity contribution in [3.05, 3.63) is 24.4 Å². The number of aromatic nitrogens is 1. The Labute approximate surface area is 102 Å². The van der Waals surface area contributed by atoms with Crippen molar-refractivity contribution in [1.82, 2.24) is 4.98 Å². The molecule has 16 heavy (non-hydrogen) atoms. The van der Waals surface area contributed by atoms with E-state index < -0.39 is 0 Å². The van der Waals surface area contributed by atoms with Gasteiger partial charge in [-0.05, 0) is 37.3 Å². The Balaban J connectivity index is 1.97. The number of hydrogen-bond donors (Lipinski definition) is 1. The maximum Gasteiger partial charge on any atom is 0.0963 e. The molecule has 3 unspecified atom stereocenters. The third-order valence-electron chi connectivity index (χ3n) is 3.44. The number of pyridine rings is 1. The molecule has 2 rings (SSSR count). The fourth-order valence-electron chi connectivity index (χ4n) is 2.31. The molecule has 1 saturated carbocycles. The van der Waals surface area contributed by atoms with Crippen molar-refractivity contribution in [3.63, 3.8) is 0 Å². The Hall–Kier alpha value is -0.540. The minimum Gasteiger partial charge on any atom is -0.327 e. The van der Waals surface area contributed by atoms with E-state index in [4.69, 9.17) is 5.73 Å². The standard InChI is InChI=1S/C13H20N2S/c1-2-10-6-7-11(14)12(9-10)16-13-5-3-4-8-15-13/h3-5,8,10-12H,2,6-7,9,14H2,1H3. The SMILES string of the molecule is CCC1CCC(N)C(Sc2ccccn2)C1. The summed E-state index contributed by atoms with van der Waals surface area (Å²) in [7, 11) is 0. The first-order valence-electron chi connectivity index (χ1n) is 6.13. The summed E-state index contributed by atoms with van der Waals surface area (Å²) in [6.45, 7) is 2.28. The van der Waals surface area contributed by atoms with E-state index in [-0.39, 0.29) is 0 Å². The van der Waals surface area contributed by atoms with E-state index in [1.807, 2.05) is 30.1 Å². The van der Waals surface area contributed by atoms with Crippen molar-refractivity contribution in [3.8, 4) is 0 Å². The summed E-state index contributed by atoms with van der Waals surface area (Å²) in [6, 6.07) is 6.42. The molecule has 1 aliphatic rings. The molecule has 1 heterocycles. The van der Waals surface area contributed by atoms with Crippen molar-refractivity contribution in [1.29, 1.82) is 0 Å². The van der Waals surface area contributed by atoms with Gasteiger partial charge >= 0.3 is 0 Å². The Morgan fingerprint density at radius 1 is 1.44 bits per heavy atom. The molecule has 2 N–H and O–H groups in total. The van der Waals surface area contributed by atoms with Crippen molar-refractivity contribution < 1.29 is 0 Å². The van der Waals surface area contributed by atoms with Gasteiger partial charge in [0.1, 0.15) is 0 Å². The molecule has 1 aromatic rings. The molecule has 88 valence electrons. The molecule has 0 bridgehead atoms. The monoisotopic (exact) mass is 236 g/mol. The Morgan fingerprint density at radius 3 is 3.00 bits per heavy atom. The lowest BCUT2D eigenvalue weighted by Gasteiger charge is -2.33. The maximum absolute atomic E-state index is 6.20. The van der Waals surface area contributed by atoms with E-state index in [1.165, 1.54) is 25.7 Å². The second kappa shape index (κ2) is 5.69. The second-order valence-electron chi connectivity index (χ2n) is 4.58. The first-order valence-corrected chi connectivity index (χ1v) is 7.00. The number of nitrogens with zero attached hydrogens (tertiary/aromatic N) is 1. The molecular weight excluding hydrogens is 216 g/mol. The average molecular weight is 236 g/mol. The van der Waals surface area contributed by atoms with Crippen LogP contribution in [0.4, 0.5) is 0 Å². The van der Waals surface area contributed by atoms with Gasteiger partial charge in [0.25, 0.3) is 0 Å². The van der Waals surface area contributed by atoms with Gasteiger partial charge in [0.05, 0.1) is 5.03 Å². The molecule has 0 aliphatic heterocycles. The molecule has 0 spiro atoms. The Morgan fingerprint density at radius 2 is 2.31 bits per heavy atom. The summed E-state index contributed by atoms with van der Waals surface area (Å²) in [4.78, 5) is 4.37. The molecule has 0 saturated heterocycles. The summed E-state index contributed by atoms with van der Waals surface area (Å²) in [6.07, 6.45) is 6.86. The van der Waals surface area contributed by atoms with Crippen LogP contribution in [0.1, 0.15) is 32.6 Å². The fourth-order valence-corrected chi connectivity index (χ4v) is 3.58. The number of hydrogen-bond acceptors (Lipinski definition) is 3. The average Bonchev–Trinajstić information content (AvgIpc) is 2.33. The van der Waals surface area contributed by atoms with Crippen LogP contribution < -0.4 is 5.73 Å². The molecule has 3 atom stereocenters. The van der Waals surface area contributed by atoms with Gasteiger partial charge in [0.2, 0.25) is 0 Å². The van der Waals surface area contributed by atoms with Gasteiger partial charge < -0.3 is 5.73 Å². The first-order chi connectivity index (χ1) is 7.79. The van der Waals surface area contributed by atoms with Gasteiger partial charge in [0.15, 0.2) is 0 Å². The lowest BCUT2D eigenvalue weighted by Crippen LogP contribution is -2.38. The summed E-state index contributed by atoms with van der Waals surface area (Å²) in [5.74, 6) is 0.862. The van der Waals surface area contributed by atoms with Crippen LogP contribution in [-0.4, -0.2) is 16.3 Å². The van der Waals surface area contributed by atoms with Crippen LogP contribution in [0, 0.1) is 5.92 Å². The zero-order valence-electron chi connectivity index (χ0n) is 9.80. The second-order valence-corrected chi connectivity index (χ2v) is 5.83. The Bertz CT molecular complexity index is 315. The van der Waals surface area contributed by atoms with E-state index in [0.29, 0.717) is 11.3 Å². The van der Waals surface area contributed by atoms with Crippen LogP contribution in [0.2, 0.25) is 0 Å². The highest BCUT2D eigenvalue weighted by Crippen LogP contribution is 2.35. The highest BCUT2D eigenvalue weighted by molar-refractivity contribution is 7.99. The third kappa shape index (κ3) is 2.98. The number of nitrogens with two attached hydrogens (primary N) is 1. The fraction of sp³-hybridized carbons (Fsp3) is 0.615. The molecular formula is C13H20N2S. The quantitative estimate of drug-likeness (QED) is 0.876.